The van der Waals surface area contributed by atoms with Crippen LogP contribution in [0.25, 0.3) is 0 Å². The number of carbonyl (C=O) groups is 1. The van der Waals surface area contributed by atoms with Gasteiger partial charge < -0.3 is 4.90 Å². The molecule has 1 saturated heterocycles. The van der Waals surface area contributed by atoms with Crippen molar-refractivity contribution in [3.05, 3.63) is 35.4 Å². The number of benzene rings is 1. The lowest BCUT2D eigenvalue weighted by atomic mass is 9.87. The Bertz CT molecular complexity index is 393. The number of piperidine rings is 1. The Morgan fingerprint density at radius 2 is 2.31 bits per heavy atom. The Morgan fingerprint density at radius 3 is 3.00 bits per heavy atom. The van der Waals surface area contributed by atoms with E-state index in [0.29, 0.717) is 24.1 Å². The first kappa shape index (κ1) is 11.3. The number of likely N-dealkylation sites (N-methyl/N-ethyl adjacent to an activating group) is 1. The highest BCUT2D eigenvalue weighted by atomic mass is 19.1. The summed E-state index contributed by atoms with van der Waals surface area (Å²) in [6.07, 6.45) is 2.16. The van der Waals surface area contributed by atoms with Gasteiger partial charge in [0.2, 0.25) is 0 Å². The molecule has 0 amide bonds. The average molecular weight is 221 g/mol. The molecule has 2 nitrogen and oxygen atoms in total. The minimum atomic E-state index is -1.30. The predicted molar refractivity (Wildman–Crippen MR) is 61.3 cm³/mol. The fraction of sp³-hybridized carbons (Fsp3) is 0.462. The van der Waals surface area contributed by atoms with E-state index in [1.165, 1.54) is 0 Å². The molecule has 0 saturated carbocycles. The third-order valence-electron chi connectivity index (χ3n) is 3.17. The van der Waals surface area contributed by atoms with Gasteiger partial charge in [-0.2, -0.15) is 0 Å². The molecular formula is C13H16FNO. The van der Waals surface area contributed by atoms with Crippen molar-refractivity contribution in [2.75, 3.05) is 20.1 Å². The Morgan fingerprint density at radius 1 is 1.50 bits per heavy atom. The van der Waals surface area contributed by atoms with Gasteiger partial charge in [-0.1, -0.05) is 18.2 Å². The molecular weight excluding hydrogens is 205 g/mol. The number of aldehydes is 1. The lowest BCUT2D eigenvalue weighted by molar-refractivity contribution is 0.0563. The van der Waals surface area contributed by atoms with Gasteiger partial charge in [-0.25, -0.2) is 4.39 Å². The predicted octanol–water partition coefficient (Wildman–Crippen LogP) is 2.39. The van der Waals surface area contributed by atoms with E-state index in [1.54, 1.807) is 24.3 Å². The fourth-order valence-corrected chi connectivity index (χ4v) is 2.34. The molecule has 16 heavy (non-hydrogen) atoms. The summed E-state index contributed by atoms with van der Waals surface area (Å²) in [5, 5.41) is 0. The number of rotatable bonds is 2. The molecule has 0 aliphatic carbocycles. The maximum absolute atomic E-state index is 14.7. The molecule has 1 aromatic rings. The van der Waals surface area contributed by atoms with Crippen LogP contribution >= 0.6 is 0 Å². The molecule has 3 heteroatoms. The SMILES string of the molecule is CN1CCCC(F)(c2cccc(C=O)c2)C1. The molecule has 1 atom stereocenters. The second kappa shape index (κ2) is 4.34. The van der Waals surface area contributed by atoms with Crippen LogP contribution in [-0.2, 0) is 5.67 Å². The van der Waals surface area contributed by atoms with Crippen LogP contribution in [0.4, 0.5) is 4.39 Å². The van der Waals surface area contributed by atoms with Gasteiger partial charge in [0, 0.05) is 12.1 Å². The molecule has 1 aromatic carbocycles. The Hall–Kier alpha value is -1.22. The number of hydrogen-bond acceptors (Lipinski definition) is 2. The molecule has 0 N–H and O–H groups in total. The molecule has 1 aliphatic rings. The minimum absolute atomic E-state index is 0.412. The van der Waals surface area contributed by atoms with Crippen LogP contribution in [0.5, 0.6) is 0 Å². The highest BCUT2D eigenvalue weighted by Crippen LogP contribution is 2.35. The van der Waals surface area contributed by atoms with Crippen molar-refractivity contribution in [2.24, 2.45) is 0 Å². The van der Waals surface area contributed by atoms with E-state index in [4.69, 9.17) is 0 Å². The zero-order chi connectivity index (χ0) is 11.6. The second-order valence-electron chi connectivity index (χ2n) is 4.55. The second-order valence-corrected chi connectivity index (χ2v) is 4.55. The van der Waals surface area contributed by atoms with Gasteiger partial charge in [-0.15, -0.1) is 0 Å². The molecule has 2 rings (SSSR count). The fourth-order valence-electron chi connectivity index (χ4n) is 2.34. The normalized spacial score (nSPS) is 26.6. The summed E-state index contributed by atoms with van der Waals surface area (Å²) in [5.41, 5.74) is -0.127. The Balaban J connectivity index is 2.30. The molecule has 86 valence electrons. The summed E-state index contributed by atoms with van der Waals surface area (Å²) >= 11 is 0. The van der Waals surface area contributed by atoms with E-state index >= 15 is 0 Å². The Labute approximate surface area is 95.1 Å². The summed E-state index contributed by atoms with van der Waals surface area (Å²) in [5.74, 6) is 0. The van der Waals surface area contributed by atoms with E-state index in [0.717, 1.165) is 19.3 Å². The summed E-state index contributed by atoms with van der Waals surface area (Å²) in [6, 6.07) is 6.87. The monoisotopic (exact) mass is 221 g/mol. The first-order valence-corrected chi connectivity index (χ1v) is 5.57. The molecule has 1 fully saturated rings. The van der Waals surface area contributed by atoms with Crippen molar-refractivity contribution < 1.29 is 9.18 Å². The van der Waals surface area contributed by atoms with E-state index in [2.05, 4.69) is 0 Å². The van der Waals surface area contributed by atoms with E-state index in [-0.39, 0.29) is 0 Å². The number of halogens is 1. The molecule has 0 bridgehead atoms. The third kappa shape index (κ3) is 2.14. The van der Waals surface area contributed by atoms with Crippen molar-refractivity contribution in [3.8, 4) is 0 Å². The summed E-state index contributed by atoms with van der Waals surface area (Å²) in [7, 11) is 1.93. The van der Waals surface area contributed by atoms with Gasteiger partial charge in [0.25, 0.3) is 0 Å². The zero-order valence-electron chi connectivity index (χ0n) is 9.45. The summed E-state index contributed by atoms with van der Waals surface area (Å²) < 4.78 is 14.7. The van der Waals surface area contributed by atoms with Crippen LogP contribution in [0.1, 0.15) is 28.8 Å². The van der Waals surface area contributed by atoms with Crippen molar-refractivity contribution in [1.29, 1.82) is 0 Å². The standard InChI is InChI=1S/C13H16FNO/c1-15-7-3-6-13(14,10-15)12-5-2-4-11(8-12)9-16/h2,4-5,8-9H,3,6-7,10H2,1H3. The van der Waals surface area contributed by atoms with Crippen LogP contribution < -0.4 is 0 Å². The van der Waals surface area contributed by atoms with Gasteiger partial charge in [-0.05, 0) is 38.1 Å². The Kier molecular flexibility index (Phi) is 3.06. The van der Waals surface area contributed by atoms with Crippen LogP contribution in [0.15, 0.2) is 24.3 Å². The maximum Gasteiger partial charge on any atom is 0.150 e. The average Bonchev–Trinajstić information content (AvgIpc) is 2.29. The smallest absolute Gasteiger partial charge is 0.150 e. The topological polar surface area (TPSA) is 20.3 Å². The number of alkyl halides is 1. The quantitative estimate of drug-likeness (QED) is 0.715. The van der Waals surface area contributed by atoms with Gasteiger partial charge in [-0.3, -0.25) is 4.79 Å². The highest BCUT2D eigenvalue weighted by molar-refractivity contribution is 5.75. The summed E-state index contributed by atoms with van der Waals surface area (Å²) in [6.45, 7) is 1.36. The number of carbonyl (C=O) groups excluding carboxylic acids is 1. The van der Waals surface area contributed by atoms with Gasteiger partial charge in [0.1, 0.15) is 12.0 Å². The van der Waals surface area contributed by atoms with E-state index in [9.17, 15) is 9.18 Å². The van der Waals surface area contributed by atoms with Crippen LogP contribution in [0, 0.1) is 0 Å². The van der Waals surface area contributed by atoms with Crippen LogP contribution in [0.2, 0.25) is 0 Å². The van der Waals surface area contributed by atoms with Crippen LogP contribution in [-0.4, -0.2) is 31.3 Å². The van der Waals surface area contributed by atoms with E-state index in [1.807, 2.05) is 11.9 Å². The van der Waals surface area contributed by atoms with Crippen LogP contribution in [0.3, 0.4) is 0 Å². The van der Waals surface area contributed by atoms with Gasteiger partial charge in [0.15, 0.2) is 0 Å². The molecule has 0 aromatic heterocycles. The molecule has 0 radical (unpaired) electrons. The van der Waals surface area contributed by atoms with Crippen molar-refractivity contribution in [1.82, 2.24) is 4.90 Å². The molecule has 0 spiro atoms. The zero-order valence-corrected chi connectivity index (χ0v) is 9.45. The highest BCUT2D eigenvalue weighted by Gasteiger charge is 2.35. The number of hydrogen-bond donors (Lipinski definition) is 0. The summed E-state index contributed by atoms with van der Waals surface area (Å²) in [4.78, 5) is 12.7. The van der Waals surface area contributed by atoms with Crippen molar-refractivity contribution >= 4 is 6.29 Å². The first-order valence-electron chi connectivity index (χ1n) is 5.57. The maximum atomic E-state index is 14.7. The van der Waals surface area contributed by atoms with Crippen molar-refractivity contribution in [2.45, 2.75) is 18.5 Å². The van der Waals surface area contributed by atoms with Crippen molar-refractivity contribution in [3.63, 3.8) is 0 Å². The third-order valence-corrected chi connectivity index (χ3v) is 3.17. The lowest BCUT2D eigenvalue weighted by Crippen LogP contribution is -2.41. The number of nitrogens with zero attached hydrogens (tertiary/aromatic N) is 1. The number of likely N-dealkylation sites (tertiary alicyclic amines) is 1. The minimum Gasteiger partial charge on any atom is -0.303 e. The van der Waals surface area contributed by atoms with Gasteiger partial charge >= 0.3 is 0 Å². The van der Waals surface area contributed by atoms with Gasteiger partial charge in [0.05, 0.1) is 0 Å². The first-order chi connectivity index (χ1) is 7.64. The molecule has 1 aliphatic heterocycles. The largest absolute Gasteiger partial charge is 0.303 e. The van der Waals surface area contributed by atoms with E-state index < -0.39 is 5.67 Å². The lowest BCUT2D eigenvalue weighted by Gasteiger charge is -2.35. The molecule has 1 heterocycles. The molecule has 1 unspecified atom stereocenters.